The summed E-state index contributed by atoms with van der Waals surface area (Å²) in [5.41, 5.74) is -1.82. The third-order valence-corrected chi connectivity index (χ3v) is 4.62. The van der Waals surface area contributed by atoms with Crippen LogP contribution in [0, 0.1) is 0 Å². The zero-order chi connectivity index (χ0) is 29.1. The molecule has 11 heteroatoms. The smallest absolute Gasteiger partial charge is 0.417 e. The minimum absolute atomic E-state index is 0.0867. The zero-order valence-electron chi connectivity index (χ0n) is 21.0. The second-order valence-electron chi connectivity index (χ2n) is 8.27. The lowest BCUT2D eigenvalue weighted by Gasteiger charge is -2.20. The Morgan fingerprint density at radius 3 is 1.29 bits per heavy atom. The average Bonchev–Trinajstić information content (AvgIpc) is 2.79. The standard InChI is InChI=1S/C27H23F3O8/c1-12(2)23(31)35-19-9-16-17(10-20(19)36-24(32)13(3)4)22(38-26(34)15(7)8)21(37-25(33)14(5)6)11-18(16)27(28,29)30/h9-11H,1,3,5,7H2,2,4,6,8H3. The number of halogens is 3. The van der Waals surface area contributed by atoms with Gasteiger partial charge in [-0.2, -0.15) is 13.2 Å². The molecule has 0 fully saturated rings. The van der Waals surface area contributed by atoms with Crippen molar-refractivity contribution in [2.24, 2.45) is 0 Å². The first kappa shape index (κ1) is 29.6. The van der Waals surface area contributed by atoms with Crippen molar-refractivity contribution in [3.8, 4) is 23.0 Å². The van der Waals surface area contributed by atoms with Crippen LogP contribution in [0.1, 0.15) is 33.3 Å². The molecule has 0 saturated carbocycles. The molecule has 0 aliphatic rings. The Bertz CT molecular complexity index is 1430. The first-order chi connectivity index (χ1) is 17.4. The molecule has 0 aliphatic carbocycles. The van der Waals surface area contributed by atoms with Gasteiger partial charge in [-0.25, -0.2) is 19.2 Å². The number of ether oxygens (including phenoxy) is 4. The maximum absolute atomic E-state index is 14.2. The minimum atomic E-state index is -5.04. The Labute approximate surface area is 215 Å². The van der Waals surface area contributed by atoms with Crippen molar-refractivity contribution in [1.29, 1.82) is 0 Å². The van der Waals surface area contributed by atoms with Gasteiger partial charge in [0, 0.05) is 33.1 Å². The molecule has 0 atom stereocenters. The largest absolute Gasteiger partial charge is 0.419 e. The van der Waals surface area contributed by atoms with E-state index in [0.29, 0.717) is 6.07 Å². The second kappa shape index (κ2) is 11.2. The highest BCUT2D eigenvalue weighted by atomic mass is 19.4. The SMILES string of the molecule is C=C(C)C(=O)Oc1cc2c(C(F)(F)F)cc(OC(=O)C(=C)C)c(OC(=O)C(=C)C)c2cc1OC(=O)C(=C)C. The first-order valence-electron chi connectivity index (χ1n) is 10.7. The van der Waals surface area contributed by atoms with Gasteiger partial charge in [0.15, 0.2) is 23.0 Å². The van der Waals surface area contributed by atoms with Gasteiger partial charge in [0.1, 0.15) is 0 Å². The highest BCUT2D eigenvalue weighted by Gasteiger charge is 2.36. The maximum atomic E-state index is 14.2. The number of carbonyl (C=O) groups is 4. The number of alkyl halides is 3. The minimum Gasteiger partial charge on any atom is -0.419 e. The fourth-order valence-corrected chi connectivity index (χ4v) is 2.69. The molecule has 0 aliphatic heterocycles. The molecule has 0 spiro atoms. The lowest BCUT2D eigenvalue weighted by Crippen LogP contribution is -2.16. The predicted molar refractivity (Wildman–Crippen MR) is 131 cm³/mol. The molecule has 0 aromatic heterocycles. The fraction of sp³-hybridized carbons (Fsp3) is 0.185. The zero-order valence-corrected chi connectivity index (χ0v) is 21.0. The summed E-state index contributed by atoms with van der Waals surface area (Å²) in [6.45, 7) is 18.8. The first-order valence-corrected chi connectivity index (χ1v) is 10.7. The molecular weight excluding hydrogens is 509 g/mol. The number of hydrogen-bond acceptors (Lipinski definition) is 8. The van der Waals surface area contributed by atoms with Gasteiger partial charge < -0.3 is 18.9 Å². The van der Waals surface area contributed by atoms with Crippen molar-refractivity contribution in [3.63, 3.8) is 0 Å². The van der Waals surface area contributed by atoms with E-state index in [4.69, 9.17) is 18.9 Å². The molecule has 0 heterocycles. The van der Waals surface area contributed by atoms with E-state index in [2.05, 4.69) is 26.3 Å². The number of carbonyl (C=O) groups excluding carboxylic acids is 4. The molecule has 2 aromatic rings. The van der Waals surface area contributed by atoms with Gasteiger partial charge in [0.2, 0.25) is 0 Å². The Kier molecular flexibility index (Phi) is 8.68. The Hall–Kier alpha value is -4.67. The van der Waals surface area contributed by atoms with Crippen molar-refractivity contribution >= 4 is 34.6 Å². The molecule has 2 aromatic carbocycles. The van der Waals surface area contributed by atoms with Crippen LogP contribution in [0.5, 0.6) is 23.0 Å². The molecular formula is C27H23F3O8. The second-order valence-corrected chi connectivity index (χ2v) is 8.27. The third kappa shape index (κ3) is 6.75. The number of benzene rings is 2. The molecule has 38 heavy (non-hydrogen) atoms. The number of rotatable bonds is 8. The third-order valence-electron chi connectivity index (χ3n) is 4.62. The van der Waals surface area contributed by atoms with Crippen molar-refractivity contribution in [2.75, 3.05) is 0 Å². The Morgan fingerprint density at radius 1 is 0.579 bits per heavy atom. The van der Waals surface area contributed by atoms with Crippen molar-refractivity contribution in [2.45, 2.75) is 33.9 Å². The highest BCUT2D eigenvalue weighted by molar-refractivity contribution is 6.02. The summed E-state index contributed by atoms with van der Waals surface area (Å²) >= 11 is 0. The molecule has 0 bridgehead atoms. The summed E-state index contributed by atoms with van der Waals surface area (Å²) in [7, 11) is 0. The molecule has 0 saturated heterocycles. The maximum Gasteiger partial charge on any atom is 0.417 e. The van der Waals surface area contributed by atoms with Gasteiger partial charge >= 0.3 is 30.1 Å². The highest BCUT2D eigenvalue weighted by Crippen LogP contribution is 2.48. The summed E-state index contributed by atoms with van der Waals surface area (Å²) in [4.78, 5) is 49.0. The average molecular weight is 532 g/mol. The molecule has 0 amide bonds. The summed E-state index contributed by atoms with van der Waals surface area (Å²) in [5, 5.41) is -1.12. The normalized spacial score (nSPS) is 10.8. The van der Waals surface area contributed by atoms with Gasteiger partial charge in [-0.05, 0) is 45.9 Å². The lowest BCUT2D eigenvalue weighted by atomic mass is 10.0. The van der Waals surface area contributed by atoms with Gasteiger partial charge in [0.25, 0.3) is 0 Å². The van der Waals surface area contributed by atoms with Crippen LogP contribution in [0.2, 0.25) is 0 Å². The van der Waals surface area contributed by atoms with E-state index < -0.39 is 69.4 Å². The van der Waals surface area contributed by atoms with Gasteiger partial charge in [-0.15, -0.1) is 0 Å². The van der Waals surface area contributed by atoms with Crippen LogP contribution in [-0.4, -0.2) is 23.9 Å². The van der Waals surface area contributed by atoms with Gasteiger partial charge in [-0.3, -0.25) is 0 Å². The van der Waals surface area contributed by atoms with Crippen LogP contribution in [-0.2, 0) is 25.4 Å². The van der Waals surface area contributed by atoms with Crippen LogP contribution in [0.4, 0.5) is 13.2 Å². The van der Waals surface area contributed by atoms with Crippen LogP contribution in [0.3, 0.4) is 0 Å². The van der Waals surface area contributed by atoms with Crippen molar-refractivity contribution in [3.05, 3.63) is 72.4 Å². The molecule has 2 rings (SSSR count). The van der Waals surface area contributed by atoms with Crippen LogP contribution in [0.15, 0.2) is 66.8 Å². The Balaban J connectivity index is 3.06. The number of hydrogen-bond donors (Lipinski definition) is 0. The summed E-state index contributed by atoms with van der Waals surface area (Å²) in [6.07, 6.45) is -5.04. The quantitative estimate of drug-likeness (QED) is 0.239. The molecule has 0 radical (unpaired) electrons. The fourth-order valence-electron chi connectivity index (χ4n) is 2.69. The van der Waals surface area contributed by atoms with E-state index in [1.165, 1.54) is 27.7 Å². The predicted octanol–water partition coefficient (Wildman–Crippen LogP) is 5.78. The van der Waals surface area contributed by atoms with E-state index in [-0.39, 0.29) is 22.3 Å². The molecule has 0 unspecified atom stereocenters. The van der Waals surface area contributed by atoms with Crippen LogP contribution < -0.4 is 18.9 Å². The van der Waals surface area contributed by atoms with Gasteiger partial charge in [0.05, 0.1) is 5.56 Å². The Morgan fingerprint density at radius 2 is 0.921 bits per heavy atom. The topological polar surface area (TPSA) is 105 Å². The number of fused-ring (bicyclic) bond motifs is 1. The molecule has 8 nitrogen and oxygen atoms in total. The van der Waals surface area contributed by atoms with Gasteiger partial charge in [-0.1, -0.05) is 26.3 Å². The molecule has 200 valence electrons. The summed E-state index contributed by atoms with van der Waals surface area (Å²) in [6, 6.07) is 2.07. The summed E-state index contributed by atoms with van der Waals surface area (Å²) in [5.74, 6) is -6.69. The van der Waals surface area contributed by atoms with E-state index >= 15 is 0 Å². The monoisotopic (exact) mass is 532 g/mol. The van der Waals surface area contributed by atoms with Crippen molar-refractivity contribution < 1.29 is 51.3 Å². The van der Waals surface area contributed by atoms with Crippen LogP contribution in [0.25, 0.3) is 10.8 Å². The number of esters is 4. The van der Waals surface area contributed by atoms with E-state index in [1.807, 2.05) is 0 Å². The van der Waals surface area contributed by atoms with Crippen molar-refractivity contribution in [1.82, 2.24) is 0 Å². The molecule has 0 N–H and O–H groups in total. The van der Waals surface area contributed by atoms with E-state index in [0.717, 1.165) is 12.1 Å². The van der Waals surface area contributed by atoms with E-state index in [9.17, 15) is 32.3 Å². The lowest BCUT2D eigenvalue weighted by molar-refractivity contribution is -0.137. The van der Waals surface area contributed by atoms with E-state index in [1.54, 1.807) is 0 Å². The van der Waals surface area contributed by atoms with Crippen LogP contribution >= 0.6 is 0 Å². The summed E-state index contributed by atoms with van der Waals surface area (Å²) < 4.78 is 63.1.